The molecule has 1 fully saturated rings. The van der Waals surface area contributed by atoms with Gasteiger partial charge < -0.3 is 25.0 Å². The molecule has 1 saturated heterocycles. The molecule has 3 rings (SSSR count). The van der Waals surface area contributed by atoms with Gasteiger partial charge in [0.05, 0.1) is 6.61 Å². The third-order valence-corrected chi connectivity index (χ3v) is 4.70. The Kier molecular flexibility index (Phi) is 7.39. The maximum Gasteiger partial charge on any atom is 0.234 e. The Bertz CT molecular complexity index is 774. The topological polar surface area (TPSA) is 71.5 Å². The smallest absolute Gasteiger partial charge is 0.234 e. The molecule has 1 aromatic carbocycles. The van der Waals surface area contributed by atoms with Crippen LogP contribution in [0.25, 0.3) is 0 Å². The van der Waals surface area contributed by atoms with Crippen molar-refractivity contribution >= 4 is 29.1 Å². The molecule has 0 spiro atoms. The van der Waals surface area contributed by atoms with Gasteiger partial charge in [-0.25, -0.2) is 0 Å². The van der Waals surface area contributed by atoms with Gasteiger partial charge >= 0.3 is 0 Å². The SMILES string of the molecule is COCCNC(=S)Nc1nc(Oc2ccccc2)cc(N2CCC[C@H](C)C2)n1. The van der Waals surface area contributed by atoms with Crippen molar-refractivity contribution in [2.75, 3.05) is 43.6 Å². The van der Waals surface area contributed by atoms with E-state index in [4.69, 9.17) is 21.7 Å². The zero-order chi connectivity index (χ0) is 19.8. The van der Waals surface area contributed by atoms with Crippen LogP contribution >= 0.6 is 12.2 Å². The van der Waals surface area contributed by atoms with Gasteiger partial charge in [-0.2, -0.15) is 9.97 Å². The van der Waals surface area contributed by atoms with Crippen LogP contribution in [0.4, 0.5) is 11.8 Å². The van der Waals surface area contributed by atoms with Crippen molar-refractivity contribution in [1.29, 1.82) is 0 Å². The van der Waals surface area contributed by atoms with E-state index in [-0.39, 0.29) is 0 Å². The van der Waals surface area contributed by atoms with Crippen LogP contribution in [0.5, 0.6) is 11.6 Å². The summed E-state index contributed by atoms with van der Waals surface area (Å²) in [6, 6.07) is 11.5. The van der Waals surface area contributed by atoms with Crippen molar-refractivity contribution in [3.63, 3.8) is 0 Å². The Morgan fingerprint density at radius 1 is 1.29 bits per heavy atom. The van der Waals surface area contributed by atoms with Gasteiger partial charge in [0.15, 0.2) is 5.11 Å². The summed E-state index contributed by atoms with van der Waals surface area (Å²) in [5.41, 5.74) is 0. The molecule has 0 amide bonds. The van der Waals surface area contributed by atoms with Gasteiger partial charge in [-0.1, -0.05) is 25.1 Å². The number of thiocarbonyl (C=S) groups is 1. The fraction of sp³-hybridized carbons (Fsp3) is 0.450. The van der Waals surface area contributed by atoms with Crippen LogP contribution in [-0.2, 0) is 4.74 Å². The van der Waals surface area contributed by atoms with E-state index in [2.05, 4.69) is 32.4 Å². The van der Waals surface area contributed by atoms with Gasteiger partial charge in [0.25, 0.3) is 0 Å². The van der Waals surface area contributed by atoms with E-state index in [1.807, 2.05) is 36.4 Å². The second-order valence-electron chi connectivity index (χ2n) is 6.87. The maximum absolute atomic E-state index is 5.96. The second-order valence-corrected chi connectivity index (χ2v) is 7.28. The number of hydrogen-bond donors (Lipinski definition) is 2. The first-order valence-electron chi connectivity index (χ1n) is 9.55. The van der Waals surface area contributed by atoms with Crippen molar-refractivity contribution in [3.05, 3.63) is 36.4 Å². The number of aromatic nitrogens is 2. The first kappa shape index (κ1) is 20.3. The maximum atomic E-state index is 5.96. The number of piperidine rings is 1. The van der Waals surface area contributed by atoms with Gasteiger partial charge in [-0.05, 0) is 43.1 Å². The minimum atomic E-state index is 0.413. The van der Waals surface area contributed by atoms with Gasteiger partial charge in [-0.15, -0.1) is 0 Å². The molecule has 1 aliphatic rings. The Hall–Kier alpha value is -2.45. The Labute approximate surface area is 171 Å². The number of para-hydroxylation sites is 1. The summed E-state index contributed by atoms with van der Waals surface area (Å²) in [6.07, 6.45) is 2.40. The van der Waals surface area contributed by atoms with E-state index in [1.54, 1.807) is 7.11 Å². The molecule has 2 aromatic rings. The molecule has 8 heteroatoms. The van der Waals surface area contributed by atoms with Crippen LogP contribution in [0.2, 0.25) is 0 Å². The predicted octanol–water partition coefficient (Wildman–Crippen LogP) is 3.44. The first-order valence-corrected chi connectivity index (χ1v) is 9.95. The van der Waals surface area contributed by atoms with E-state index in [0.29, 0.717) is 36.0 Å². The minimum Gasteiger partial charge on any atom is -0.439 e. The number of rotatable bonds is 7. The lowest BCUT2D eigenvalue weighted by molar-refractivity contribution is 0.204. The van der Waals surface area contributed by atoms with E-state index >= 15 is 0 Å². The number of anilines is 2. The van der Waals surface area contributed by atoms with Crippen LogP contribution in [0.3, 0.4) is 0 Å². The van der Waals surface area contributed by atoms with Crippen molar-refractivity contribution in [1.82, 2.24) is 15.3 Å². The number of ether oxygens (including phenoxy) is 2. The quantitative estimate of drug-likeness (QED) is 0.540. The van der Waals surface area contributed by atoms with Crippen LogP contribution in [0.1, 0.15) is 19.8 Å². The molecule has 1 aliphatic heterocycles. The normalized spacial score (nSPS) is 16.5. The van der Waals surface area contributed by atoms with Crippen LogP contribution in [0, 0.1) is 5.92 Å². The van der Waals surface area contributed by atoms with Crippen molar-refractivity contribution in [2.24, 2.45) is 5.92 Å². The molecule has 0 unspecified atom stereocenters. The third-order valence-electron chi connectivity index (χ3n) is 4.45. The molecule has 1 atom stereocenters. The summed E-state index contributed by atoms with van der Waals surface area (Å²) in [7, 11) is 1.65. The highest BCUT2D eigenvalue weighted by Crippen LogP contribution is 2.27. The highest BCUT2D eigenvalue weighted by atomic mass is 32.1. The van der Waals surface area contributed by atoms with Crippen LogP contribution < -0.4 is 20.3 Å². The molecule has 1 aromatic heterocycles. The summed E-state index contributed by atoms with van der Waals surface area (Å²) in [4.78, 5) is 11.4. The van der Waals surface area contributed by atoms with Gasteiger partial charge in [-0.3, -0.25) is 0 Å². The molecule has 0 bridgehead atoms. The minimum absolute atomic E-state index is 0.413. The zero-order valence-electron chi connectivity index (χ0n) is 16.4. The Morgan fingerprint density at radius 3 is 2.86 bits per heavy atom. The first-order chi connectivity index (χ1) is 13.6. The van der Waals surface area contributed by atoms with E-state index in [1.165, 1.54) is 6.42 Å². The number of nitrogens with one attached hydrogen (secondary N) is 2. The number of hydrogen-bond acceptors (Lipinski definition) is 6. The highest BCUT2D eigenvalue weighted by Gasteiger charge is 2.20. The summed E-state index contributed by atoms with van der Waals surface area (Å²) < 4.78 is 11.0. The fourth-order valence-electron chi connectivity index (χ4n) is 3.10. The van der Waals surface area contributed by atoms with E-state index in [0.717, 1.165) is 31.1 Å². The molecule has 2 heterocycles. The monoisotopic (exact) mass is 401 g/mol. The Balaban J connectivity index is 1.79. The molecule has 7 nitrogen and oxygen atoms in total. The predicted molar refractivity (Wildman–Crippen MR) is 115 cm³/mol. The molecule has 2 N–H and O–H groups in total. The number of methoxy groups -OCH3 is 1. The summed E-state index contributed by atoms with van der Waals surface area (Å²) in [5, 5.41) is 6.57. The Morgan fingerprint density at radius 2 is 2.11 bits per heavy atom. The lowest BCUT2D eigenvalue weighted by Gasteiger charge is -2.32. The third kappa shape index (κ3) is 6.03. The van der Waals surface area contributed by atoms with Crippen LogP contribution in [0.15, 0.2) is 36.4 Å². The average Bonchev–Trinajstić information content (AvgIpc) is 2.69. The van der Waals surface area contributed by atoms with E-state index < -0.39 is 0 Å². The average molecular weight is 402 g/mol. The van der Waals surface area contributed by atoms with Crippen molar-refractivity contribution < 1.29 is 9.47 Å². The molecule has 28 heavy (non-hydrogen) atoms. The highest BCUT2D eigenvalue weighted by molar-refractivity contribution is 7.80. The lowest BCUT2D eigenvalue weighted by atomic mass is 10.0. The molecular formula is C20H27N5O2S. The zero-order valence-corrected chi connectivity index (χ0v) is 17.2. The standard InChI is InChI=1S/C20H27N5O2S/c1-15-7-6-11-25(14-15)17-13-18(27-16-8-4-3-5-9-16)23-19(22-17)24-20(28)21-10-12-26-2/h3-5,8-9,13,15H,6-7,10-12,14H2,1-2H3,(H2,21,22,23,24,28)/t15-/m0/s1. The van der Waals surface area contributed by atoms with Crippen molar-refractivity contribution in [3.8, 4) is 11.6 Å². The summed E-state index contributed by atoms with van der Waals surface area (Å²) in [6.45, 7) is 5.39. The van der Waals surface area contributed by atoms with Crippen LogP contribution in [-0.4, -0.2) is 48.4 Å². The molecular weight excluding hydrogens is 374 g/mol. The molecule has 0 saturated carbocycles. The molecule has 0 radical (unpaired) electrons. The number of nitrogens with zero attached hydrogens (tertiary/aromatic N) is 3. The van der Waals surface area contributed by atoms with Gasteiger partial charge in [0.1, 0.15) is 11.6 Å². The summed E-state index contributed by atoms with van der Waals surface area (Å²) in [5.74, 6) is 3.10. The van der Waals surface area contributed by atoms with E-state index in [9.17, 15) is 0 Å². The summed E-state index contributed by atoms with van der Waals surface area (Å²) >= 11 is 5.33. The fourth-order valence-corrected chi connectivity index (χ4v) is 3.30. The lowest BCUT2D eigenvalue weighted by Crippen LogP contribution is -2.35. The van der Waals surface area contributed by atoms with Gasteiger partial charge in [0, 0.05) is 32.8 Å². The molecule has 0 aliphatic carbocycles. The van der Waals surface area contributed by atoms with Crippen molar-refractivity contribution in [2.45, 2.75) is 19.8 Å². The second kappa shape index (κ2) is 10.2. The molecule has 150 valence electrons. The van der Waals surface area contributed by atoms with Gasteiger partial charge in [0.2, 0.25) is 11.8 Å². The largest absolute Gasteiger partial charge is 0.439 e. The number of benzene rings is 1.